The molecule has 1 aromatic carbocycles. The molecule has 0 saturated heterocycles. The highest BCUT2D eigenvalue weighted by atomic mass is 16.2. The number of para-hydroxylation sites is 1. The Labute approximate surface area is 156 Å². The predicted octanol–water partition coefficient (Wildman–Crippen LogP) is 3.53. The maximum Gasteiger partial charge on any atom is 0.242 e. The second kappa shape index (κ2) is 8.39. The third-order valence-electron chi connectivity index (χ3n) is 5.12. The molecule has 0 saturated carbocycles. The average molecular weight is 354 g/mol. The molecule has 0 fully saturated rings. The van der Waals surface area contributed by atoms with Crippen molar-refractivity contribution in [1.82, 2.24) is 14.9 Å². The maximum absolute atomic E-state index is 12.5. The summed E-state index contributed by atoms with van der Waals surface area (Å²) in [4.78, 5) is 19.3. The molecule has 0 radical (unpaired) electrons. The van der Waals surface area contributed by atoms with Crippen molar-refractivity contribution in [1.29, 1.82) is 0 Å². The van der Waals surface area contributed by atoms with Gasteiger partial charge in [0.05, 0.1) is 0 Å². The summed E-state index contributed by atoms with van der Waals surface area (Å²) >= 11 is 0. The molecule has 2 aromatic rings. The molecule has 5 heteroatoms. The molecule has 2 heterocycles. The van der Waals surface area contributed by atoms with Gasteiger partial charge in [0.2, 0.25) is 5.91 Å². The van der Waals surface area contributed by atoms with E-state index in [0.29, 0.717) is 12.5 Å². The van der Waals surface area contributed by atoms with E-state index in [-0.39, 0.29) is 11.9 Å². The highest BCUT2D eigenvalue weighted by Gasteiger charge is 2.19. The number of rotatable bonds is 7. The van der Waals surface area contributed by atoms with Gasteiger partial charge in [-0.25, -0.2) is 4.98 Å². The number of carbonyl (C=O) groups is 1. The highest BCUT2D eigenvalue weighted by molar-refractivity contribution is 5.79. The van der Waals surface area contributed by atoms with Gasteiger partial charge in [0.1, 0.15) is 11.9 Å². The minimum Gasteiger partial charge on any atom is -0.371 e. The van der Waals surface area contributed by atoms with E-state index in [1.54, 1.807) is 6.20 Å². The molecule has 1 amide bonds. The van der Waals surface area contributed by atoms with Gasteiger partial charge in [-0.1, -0.05) is 32.0 Å². The lowest BCUT2D eigenvalue weighted by Crippen LogP contribution is -2.35. The molecule has 0 spiro atoms. The Bertz CT molecular complexity index is 737. The van der Waals surface area contributed by atoms with Crippen LogP contribution in [0.1, 0.15) is 57.0 Å². The molecule has 1 aliphatic rings. The topological polar surface area (TPSA) is 50.2 Å². The molecular weight excluding hydrogens is 324 g/mol. The van der Waals surface area contributed by atoms with Gasteiger partial charge in [-0.15, -0.1) is 0 Å². The second-order valence-electron chi connectivity index (χ2n) is 7.39. The van der Waals surface area contributed by atoms with Crippen molar-refractivity contribution in [2.24, 2.45) is 0 Å². The van der Waals surface area contributed by atoms with Crippen LogP contribution in [0, 0.1) is 0 Å². The molecule has 0 aliphatic carbocycles. The molecule has 0 unspecified atom stereocenters. The Kier molecular flexibility index (Phi) is 5.96. The highest BCUT2D eigenvalue weighted by Crippen LogP contribution is 2.26. The maximum atomic E-state index is 12.5. The number of benzene rings is 1. The first kappa shape index (κ1) is 18.5. The van der Waals surface area contributed by atoms with E-state index in [4.69, 9.17) is 0 Å². The smallest absolute Gasteiger partial charge is 0.242 e. The van der Waals surface area contributed by atoms with Crippen LogP contribution in [0.15, 0.2) is 36.7 Å². The molecule has 1 N–H and O–H groups in total. The summed E-state index contributed by atoms with van der Waals surface area (Å²) in [7, 11) is 0. The summed E-state index contributed by atoms with van der Waals surface area (Å²) < 4.78 is 1.97. The van der Waals surface area contributed by atoms with E-state index in [9.17, 15) is 4.79 Å². The quantitative estimate of drug-likeness (QED) is 0.774. The van der Waals surface area contributed by atoms with Gasteiger partial charge in [-0.2, -0.15) is 0 Å². The number of amides is 1. The number of nitrogens with one attached hydrogen (secondary N) is 1. The Morgan fingerprint density at radius 2 is 2.08 bits per heavy atom. The molecular formula is C21H30N4O. The van der Waals surface area contributed by atoms with Gasteiger partial charge in [0.25, 0.3) is 0 Å². The number of hydrogen-bond donors (Lipinski definition) is 1. The Morgan fingerprint density at radius 3 is 2.88 bits per heavy atom. The lowest BCUT2D eigenvalue weighted by molar-refractivity contribution is -0.123. The van der Waals surface area contributed by atoms with Crippen molar-refractivity contribution in [3.63, 3.8) is 0 Å². The zero-order valence-corrected chi connectivity index (χ0v) is 16.1. The molecule has 26 heavy (non-hydrogen) atoms. The molecule has 1 atom stereocenters. The van der Waals surface area contributed by atoms with Gasteiger partial charge in [-0.3, -0.25) is 4.79 Å². The first-order chi connectivity index (χ1) is 12.6. The third-order valence-corrected chi connectivity index (χ3v) is 5.12. The molecule has 5 nitrogen and oxygen atoms in total. The van der Waals surface area contributed by atoms with Crippen LogP contribution in [-0.2, 0) is 11.2 Å². The summed E-state index contributed by atoms with van der Waals surface area (Å²) in [6.45, 7) is 8.92. The second-order valence-corrected chi connectivity index (χ2v) is 7.39. The predicted molar refractivity (Wildman–Crippen MR) is 106 cm³/mol. The Morgan fingerprint density at radius 1 is 1.27 bits per heavy atom. The molecule has 3 rings (SSSR count). The number of fused-ring (bicyclic) bond motifs is 1. The normalized spacial score (nSPS) is 15.0. The summed E-state index contributed by atoms with van der Waals surface area (Å²) in [6, 6.07) is 8.43. The SMILES string of the molecule is CC(C)c1nccn1[C@H](C)C(=O)NCCCN1CCCc2ccccc21. The number of anilines is 1. The largest absolute Gasteiger partial charge is 0.371 e. The number of nitrogens with zero attached hydrogens (tertiary/aromatic N) is 3. The van der Waals surface area contributed by atoms with Crippen molar-refractivity contribution in [3.8, 4) is 0 Å². The Balaban J connectivity index is 1.48. The van der Waals surface area contributed by atoms with E-state index < -0.39 is 0 Å². The number of carbonyl (C=O) groups excluding carboxylic acids is 1. The van der Waals surface area contributed by atoms with E-state index in [2.05, 4.69) is 53.3 Å². The van der Waals surface area contributed by atoms with Crippen LogP contribution >= 0.6 is 0 Å². The van der Waals surface area contributed by atoms with Crippen LogP contribution in [0.4, 0.5) is 5.69 Å². The van der Waals surface area contributed by atoms with Crippen molar-refractivity contribution in [3.05, 3.63) is 48.0 Å². The zero-order chi connectivity index (χ0) is 18.5. The molecule has 140 valence electrons. The van der Waals surface area contributed by atoms with Gasteiger partial charge < -0.3 is 14.8 Å². The van der Waals surface area contributed by atoms with Crippen LogP contribution in [0.2, 0.25) is 0 Å². The van der Waals surface area contributed by atoms with Crippen LogP contribution in [0.5, 0.6) is 0 Å². The van der Waals surface area contributed by atoms with Crippen molar-refractivity contribution >= 4 is 11.6 Å². The van der Waals surface area contributed by atoms with Crippen molar-refractivity contribution in [2.45, 2.75) is 52.0 Å². The van der Waals surface area contributed by atoms with Crippen LogP contribution in [0.3, 0.4) is 0 Å². The van der Waals surface area contributed by atoms with Gasteiger partial charge in [0.15, 0.2) is 0 Å². The summed E-state index contributed by atoms with van der Waals surface area (Å²) in [5.74, 6) is 1.32. The lowest BCUT2D eigenvalue weighted by atomic mass is 10.0. The average Bonchev–Trinajstić information content (AvgIpc) is 3.14. The summed E-state index contributed by atoms with van der Waals surface area (Å²) in [5, 5.41) is 3.09. The number of aromatic nitrogens is 2. The van der Waals surface area contributed by atoms with Crippen LogP contribution in [0.25, 0.3) is 0 Å². The zero-order valence-electron chi connectivity index (χ0n) is 16.1. The summed E-state index contributed by atoms with van der Waals surface area (Å²) in [5.41, 5.74) is 2.80. The van der Waals surface area contributed by atoms with Gasteiger partial charge >= 0.3 is 0 Å². The van der Waals surface area contributed by atoms with Gasteiger partial charge in [-0.05, 0) is 37.8 Å². The monoisotopic (exact) mass is 354 g/mol. The van der Waals surface area contributed by atoms with Crippen LogP contribution in [-0.4, -0.2) is 35.1 Å². The number of hydrogen-bond acceptors (Lipinski definition) is 3. The molecule has 0 bridgehead atoms. The standard InChI is InChI=1S/C21H30N4O/c1-16(2)20-22-12-15-25(20)17(3)21(26)23-11-7-14-24-13-6-9-18-8-4-5-10-19(18)24/h4-5,8,10,12,15-17H,6-7,9,11,13-14H2,1-3H3,(H,23,26)/t17-/m1/s1. The van der Waals surface area contributed by atoms with Crippen LogP contribution < -0.4 is 10.2 Å². The van der Waals surface area contributed by atoms with E-state index >= 15 is 0 Å². The van der Waals surface area contributed by atoms with E-state index in [0.717, 1.165) is 25.3 Å². The minimum absolute atomic E-state index is 0.0592. The fourth-order valence-corrected chi connectivity index (χ4v) is 3.70. The summed E-state index contributed by atoms with van der Waals surface area (Å²) in [6.07, 6.45) is 6.99. The Hall–Kier alpha value is -2.30. The number of aryl methyl sites for hydroxylation is 1. The molecule has 1 aromatic heterocycles. The fraction of sp³-hybridized carbons (Fsp3) is 0.524. The first-order valence-corrected chi connectivity index (χ1v) is 9.71. The molecule has 1 aliphatic heterocycles. The van der Waals surface area contributed by atoms with Crippen molar-refractivity contribution < 1.29 is 4.79 Å². The van der Waals surface area contributed by atoms with Crippen molar-refractivity contribution in [2.75, 3.05) is 24.5 Å². The van der Waals surface area contributed by atoms with Gasteiger partial charge in [0, 0.05) is 43.6 Å². The first-order valence-electron chi connectivity index (χ1n) is 9.71. The third kappa shape index (κ3) is 4.09. The fourth-order valence-electron chi connectivity index (χ4n) is 3.70. The van der Waals surface area contributed by atoms with E-state index in [1.165, 1.54) is 24.1 Å². The lowest BCUT2D eigenvalue weighted by Gasteiger charge is -2.31. The number of imidazole rings is 1. The van der Waals surface area contributed by atoms with E-state index in [1.807, 2.05) is 17.7 Å². The minimum atomic E-state index is -0.231.